The van der Waals surface area contributed by atoms with Crippen LogP contribution in [0.1, 0.15) is 5.56 Å². The van der Waals surface area contributed by atoms with E-state index >= 15 is 0 Å². The first-order chi connectivity index (χ1) is 7.31. The van der Waals surface area contributed by atoms with Gasteiger partial charge >= 0.3 is 0 Å². The summed E-state index contributed by atoms with van der Waals surface area (Å²) in [7, 11) is 3.25. The van der Waals surface area contributed by atoms with E-state index in [9.17, 15) is 0 Å². The summed E-state index contributed by atoms with van der Waals surface area (Å²) in [5.41, 5.74) is 7.70. The minimum atomic E-state index is 0.476. The number of hydrogen-bond acceptors (Lipinski definition) is 3. The van der Waals surface area contributed by atoms with Crippen LogP contribution in [0.2, 0.25) is 0 Å². The Bertz CT molecular complexity index is 477. The highest BCUT2D eigenvalue weighted by molar-refractivity contribution is 5.91. The third-order valence-electron chi connectivity index (χ3n) is 2.49. The summed E-state index contributed by atoms with van der Waals surface area (Å²) in [6, 6.07) is 3.83. The van der Waals surface area contributed by atoms with E-state index in [-0.39, 0.29) is 0 Å². The van der Waals surface area contributed by atoms with Crippen LogP contribution in [0.4, 0.5) is 0 Å². The smallest absolute Gasteiger partial charge is 0.170 e. The average molecular weight is 206 g/mol. The number of methoxy groups -OCH3 is 2. The Morgan fingerprint density at radius 2 is 2.07 bits per heavy atom. The molecule has 0 bridgehead atoms. The normalized spacial score (nSPS) is 10.6. The molecule has 0 aliphatic rings. The quantitative estimate of drug-likeness (QED) is 0.802. The molecule has 0 saturated heterocycles. The average Bonchev–Trinajstić information content (AvgIpc) is 2.70. The summed E-state index contributed by atoms with van der Waals surface area (Å²) >= 11 is 0. The zero-order valence-corrected chi connectivity index (χ0v) is 8.83. The van der Waals surface area contributed by atoms with Crippen LogP contribution in [-0.2, 0) is 6.54 Å². The van der Waals surface area contributed by atoms with Gasteiger partial charge in [0.05, 0.1) is 14.2 Å². The third kappa shape index (κ3) is 1.43. The molecule has 1 aromatic carbocycles. The molecule has 4 heteroatoms. The van der Waals surface area contributed by atoms with E-state index in [0.29, 0.717) is 6.54 Å². The van der Waals surface area contributed by atoms with Gasteiger partial charge in [0.15, 0.2) is 11.5 Å². The lowest BCUT2D eigenvalue weighted by molar-refractivity contribution is 0.358. The van der Waals surface area contributed by atoms with Crippen molar-refractivity contribution in [1.82, 2.24) is 4.98 Å². The second-order valence-electron chi connectivity index (χ2n) is 3.24. The highest BCUT2D eigenvalue weighted by Crippen LogP contribution is 2.36. The first kappa shape index (κ1) is 9.86. The number of aromatic nitrogens is 1. The van der Waals surface area contributed by atoms with Gasteiger partial charge in [0, 0.05) is 23.6 Å². The predicted octanol–water partition coefficient (Wildman–Crippen LogP) is 1.64. The molecule has 3 N–H and O–H groups in total. The molecular weight excluding hydrogens is 192 g/mol. The molecule has 4 nitrogen and oxygen atoms in total. The van der Waals surface area contributed by atoms with Gasteiger partial charge in [0.2, 0.25) is 0 Å². The van der Waals surface area contributed by atoms with Gasteiger partial charge < -0.3 is 20.2 Å². The van der Waals surface area contributed by atoms with Gasteiger partial charge in [0.1, 0.15) is 0 Å². The van der Waals surface area contributed by atoms with Crippen LogP contribution < -0.4 is 15.2 Å². The SMILES string of the molecule is COc1ccc2[nH]cc(CN)c2c1OC. The third-order valence-corrected chi connectivity index (χ3v) is 2.49. The van der Waals surface area contributed by atoms with Gasteiger partial charge in [-0.25, -0.2) is 0 Å². The Kier molecular flexibility index (Phi) is 2.51. The predicted molar refractivity (Wildman–Crippen MR) is 59.3 cm³/mol. The second-order valence-corrected chi connectivity index (χ2v) is 3.24. The zero-order chi connectivity index (χ0) is 10.8. The van der Waals surface area contributed by atoms with E-state index in [2.05, 4.69) is 4.98 Å². The Balaban J connectivity index is 2.77. The molecule has 15 heavy (non-hydrogen) atoms. The molecule has 0 saturated carbocycles. The minimum absolute atomic E-state index is 0.476. The fourth-order valence-corrected chi connectivity index (χ4v) is 1.76. The van der Waals surface area contributed by atoms with Gasteiger partial charge in [-0.2, -0.15) is 0 Å². The summed E-state index contributed by atoms with van der Waals surface area (Å²) in [5.74, 6) is 1.45. The molecular formula is C11H14N2O2. The molecule has 1 heterocycles. The zero-order valence-electron chi connectivity index (χ0n) is 8.83. The number of ether oxygens (including phenoxy) is 2. The van der Waals surface area contributed by atoms with E-state index in [4.69, 9.17) is 15.2 Å². The molecule has 0 unspecified atom stereocenters. The summed E-state index contributed by atoms with van der Waals surface area (Å²) < 4.78 is 10.6. The molecule has 0 radical (unpaired) electrons. The van der Waals surface area contributed by atoms with E-state index in [1.807, 2.05) is 18.3 Å². The van der Waals surface area contributed by atoms with Crippen LogP contribution in [-0.4, -0.2) is 19.2 Å². The van der Waals surface area contributed by atoms with Crippen molar-refractivity contribution >= 4 is 10.9 Å². The first-order valence-electron chi connectivity index (χ1n) is 4.72. The maximum Gasteiger partial charge on any atom is 0.170 e. The van der Waals surface area contributed by atoms with Crippen LogP contribution in [0.5, 0.6) is 11.5 Å². The summed E-state index contributed by atoms with van der Waals surface area (Å²) in [4.78, 5) is 3.15. The van der Waals surface area contributed by atoms with Crippen molar-refractivity contribution in [1.29, 1.82) is 0 Å². The number of nitrogens with one attached hydrogen (secondary N) is 1. The highest BCUT2D eigenvalue weighted by Gasteiger charge is 2.12. The highest BCUT2D eigenvalue weighted by atomic mass is 16.5. The standard InChI is InChI=1S/C11H14N2O2/c1-14-9-4-3-8-10(11(9)15-2)7(5-12)6-13-8/h3-4,6,13H,5,12H2,1-2H3. The van der Waals surface area contributed by atoms with Crippen molar-refractivity contribution in [2.24, 2.45) is 5.73 Å². The molecule has 0 spiro atoms. The van der Waals surface area contributed by atoms with Crippen LogP contribution in [0.25, 0.3) is 10.9 Å². The van der Waals surface area contributed by atoms with Crippen LogP contribution in [0.15, 0.2) is 18.3 Å². The Morgan fingerprint density at radius 1 is 1.27 bits per heavy atom. The van der Waals surface area contributed by atoms with Crippen LogP contribution in [0, 0.1) is 0 Å². The Morgan fingerprint density at radius 3 is 2.67 bits per heavy atom. The lowest BCUT2D eigenvalue weighted by Crippen LogP contribution is -1.97. The molecule has 0 atom stereocenters. The summed E-state index contributed by atoms with van der Waals surface area (Å²) in [5, 5.41) is 0.999. The van der Waals surface area contributed by atoms with Crippen LogP contribution >= 0.6 is 0 Å². The van der Waals surface area contributed by atoms with Crippen molar-refractivity contribution in [2.75, 3.05) is 14.2 Å². The van der Waals surface area contributed by atoms with E-state index in [1.54, 1.807) is 14.2 Å². The van der Waals surface area contributed by atoms with Gasteiger partial charge in [0.25, 0.3) is 0 Å². The van der Waals surface area contributed by atoms with Crippen LogP contribution in [0.3, 0.4) is 0 Å². The molecule has 80 valence electrons. The lowest BCUT2D eigenvalue weighted by Gasteiger charge is -2.09. The van der Waals surface area contributed by atoms with E-state index < -0.39 is 0 Å². The van der Waals surface area contributed by atoms with Crippen molar-refractivity contribution in [3.63, 3.8) is 0 Å². The summed E-state index contributed by atoms with van der Waals surface area (Å²) in [6.45, 7) is 0.476. The molecule has 0 aliphatic heterocycles. The number of benzene rings is 1. The van der Waals surface area contributed by atoms with E-state index in [0.717, 1.165) is 28.0 Å². The number of rotatable bonds is 3. The van der Waals surface area contributed by atoms with Gasteiger partial charge in [-0.15, -0.1) is 0 Å². The van der Waals surface area contributed by atoms with Gasteiger partial charge in [-0.05, 0) is 17.7 Å². The molecule has 0 fully saturated rings. The molecule has 1 aromatic heterocycles. The lowest BCUT2D eigenvalue weighted by atomic mass is 10.1. The topological polar surface area (TPSA) is 60.3 Å². The summed E-state index contributed by atoms with van der Waals surface area (Å²) in [6.07, 6.45) is 1.90. The number of aromatic amines is 1. The second kappa shape index (κ2) is 3.82. The fraction of sp³-hybridized carbons (Fsp3) is 0.273. The monoisotopic (exact) mass is 206 g/mol. The maximum absolute atomic E-state index is 5.66. The van der Waals surface area contributed by atoms with E-state index in [1.165, 1.54) is 0 Å². The van der Waals surface area contributed by atoms with Crippen molar-refractivity contribution in [2.45, 2.75) is 6.54 Å². The molecule has 2 aromatic rings. The Labute approximate surface area is 88.0 Å². The van der Waals surface area contributed by atoms with Crippen molar-refractivity contribution < 1.29 is 9.47 Å². The fourth-order valence-electron chi connectivity index (χ4n) is 1.76. The first-order valence-corrected chi connectivity index (χ1v) is 4.72. The molecule has 2 rings (SSSR count). The number of H-pyrrole nitrogens is 1. The molecule has 0 aliphatic carbocycles. The number of hydrogen-bond donors (Lipinski definition) is 2. The molecule has 0 amide bonds. The Hall–Kier alpha value is -1.68. The van der Waals surface area contributed by atoms with Crippen molar-refractivity contribution in [3.8, 4) is 11.5 Å². The number of fused-ring (bicyclic) bond motifs is 1. The number of nitrogens with two attached hydrogens (primary N) is 1. The largest absolute Gasteiger partial charge is 0.493 e. The maximum atomic E-state index is 5.66. The van der Waals surface area contributed by atoms with Crippen molar-refractivity contribution in [3.05, 3.63) is 23.9 Å². The van der Waals surface area contributed by atoms with Gasteiger partial charge in [-0.1, -0.05) is 0 Å². The van der Waals surface area contributed by atoms with Gasteiger partial charge in [-0.3, -0.25) is 0 Å². The minimum Gasteiger partial charge on any atom is -0.493 e.